The van der Waals surface area contributed by atoms with Crippen LogP contribution in [0, 0.1) is 5.92 Å². The highest BCUT2D eigenvalue weighted by molar-refractivity contribution is 5.35. The molecule has 1 aliphatic carbocycles. The third-order valence-electron chi connectivity index (χ3n) is 5.32. The first-order valence-electron chi connectivity index (χ1n) is 8.43. The third-order valence-corrected chi connectivity index (χ3v) is 5.32. The number of hydrogen-bond donors (Lipinski definition) is 3. The van der Waals surface area contributed by atoms with Gasteiger partial charge in [-0.25, -0.2) is 0 Å². The summed E-state index contributed by atoms with van der Waals surface area (Å²) in [4.78, 5) is 0. The normalized spacial score (nSPS) is 20.2. The number of phenolic OH excluding ortho intramolecular Hbond substituents is 2. The van der Waals surface area contributed by atoms with Crippen LogP contribution in [0.25, 0.3) is 0 Å². The molecule has 0 bridgehead atoms. The van der Waals surface area contributed by atoms with Gasteiger partial charge in [-0.1, -0.05) is 31.2 Å². The maximum absolute atomic E-state index is 9.72. The maximum atomic E-state index is 9.72. The van der Waals surface area contributed by atoms with Gasteiger partial charge in [0.25, 0.3) is 0 Å². The van der Waals surface area contributed by atoms with Gasteiger partial charge < -0.3 is 15.3 Å². The van der Waals surface area contributed by atoms with Gasteiger partial charge in [0, 0.05) is 6.42 Å². The van der Waals surface area contributed by atoms with E-state index in [9.17, 15) is 15.3 Å². The molecule has 0 heterocycles. The molecule has 2 aromatic carbocycles. The Balaban J connectivity index is 1.96. The van der Waals surface area contributed by atoms with Gasteiger partial charge in [-0.05, 0) is 72.1 Å². The number of aromatic hydroxyl groups is 2. The van der Waals surface area contributed by atoms with Crippen LogP contribution < -0.4 is 0 Å². The Morgan fingerprint density at radius 3 is 2.04 bits per heavy atom. The van der Waals surface area contributed by atoms with E-state index >= 15 is 0 Å². The number of benzene rings is 2. The van der Waals surface area contributed by atoms with Gasteiger partial charge in [-0.15, -0.1) is 0 Å². The van der Waals surface area contributed by atoms with Gasteiger partial charge in [-0.2, -0.15) is 0 Å². The van der Waals surface area contributed by atoms with E-state index in [-0.39, 0.29) is 16.9 Å². The van der Waals surface area contributed by atoms with Crippen LogP contribution in [0.4, 0.5) is 0 Å². The summed E-state index contributed by atoms with van der Waals surface area (Å²) in [5.74, 6) is 1.44. The van der Waals surface area contributed by atoms with Crippen molar-refractivity contribution in [3.63, 3.8) is 0 Å². The largest absolute Gasteiger partial charge is 0.513 e. The maximum Gasteiger partial charge on any atom is 0.115 e. The third kappa shape index (κ3) is 3.40. The topological polar surface area (TPSA) is 60.7 Å². The molecule has 24 heavy (non-hydrogen) atoms. The summed E-state index contributed by atoms with van der Waals surface area (Å²) in [6.07, 6.45) is 5.29. The van der Waals surface area contributed by atoms with Gasteiger partial charge in [0.2, 0.25) is 0 Å². The Morgan fingerprint density at radius 2 is 1.50 bits per heavy atom. The average Bonchev–Trinajstić information content (AvgIpc) is 2.58. The molecule has 0 saturated heterocycles. The number of aliphatic hydroxyl groups excluding tert-OH is 1. The molecule has 0 aromatic heterocycles. The van der Waals surface area contributed by atoms with Crippen LogP contribution in [0.5, 0.6) is 11.5 Å². The van der Waals surface area contributed by atoms with Crippen LogP contribution in [0.3, 0.4) is 0 Å². The summed E-state index contributed by atoms with van der Waals surface area (Å²) in [6.45, 7) is 2.26. The van der Waals surface area contributed by atoms with Crippen molar-refractivity contribution >= 4 is 0 Å². The molecular formula is C21H24O3. The minimum atomic E-state index is -0.109. The number of phenols is 2. The minimum absolute atomic E-state index is 0.109. The van der Waals surface area contributed by atoms with Gasteiger partial charge in [-0.3, -0.25) is 0 Å². The van der Waals surface area contributed by atoms with E-state index in [0.717, 1.165) is 19.3 Å². The van der Waals surface area contributed by atoms with Crippen LogP contribution in [0.15, 0.2) is 60.4 Å². The fourth-order valence-electron chi connectivity index (χ4n) is 3.76. The lowest BCUT2D eigenvalue weighted by molar-refractivity contribution is 0.239. The second-order valence-electron chi connectivity index (χ2n) is 6.97. The summed E-state index contributed by atoms with van der Waals surface area (Å²) in [5, 5.41) is 28.9. The Hall–Kier alpha value is -2.42. The van der Waals surface area contributed by atoms with Crippen molar-refractivity contribution in [2.45, 2.75) is 38.0 Å². The average molecular weight is 324 g/mol. The van der Waals surface area contributed by atoms with E-state index in [1.165, 1.54) is 11.1 Å². The van der Waals surface area contributed by atoms with E-state index < -0.39 is 0 Å². The summed E-state index contributed by atoms with van der Waals surface area (Å²) in [7, 11) is 0. The molecule has 1 aliphatic rings. The first-order valence-corrected chi connectivity index (χ1v) is 8.43. The fraction of sp³-hybridized carbons (Fsp3) is 0.333. The smallest absolute Gasteiger partial charge is 0.115 e. The molecule has 3 nitrogen and oxygen atoms in total. The van der Waals surface area contributed by atoms with Crippen LogP contribution in [-0.4, -0.2) is 15.3 Å². The second-order valence-corrected chi connectivity index (χ2v) is 6.97. The molecular weight excluding hydrogens is 300 g/mol. The van der Waals surface area contributed by atoms with Crippen LogP contribution in [0.1, 0.15) is 37.3 Å². The van der Waals surface area contributed by atoms with Gasteiger partial charge in [0.15, 0.2) is 0 Å². The van der Waals surface area contributed by atoms with E-state index in [0.29, 0.717) is 18.1 Å². The first kappa shape index (κ1) is 16.4. The predicted octanol–water partition coefficient (Wildman–Crippen LogP) is 4.84. The molecule has 3 N–H and O–H groups in total. The molecule has 3 heteroatoms. The lowest BCUT2D eigenvalue weighted by Gasteiger charge is -2.40. The SMILES string of the molecule is CC(Cc1ccc(O)cc1)(c1ccc(O)cc1)C1CC=C(O)CC1. The molecule has 0 amide bonds. The van der Waals surface area contributed by atoms with Crippen LogP contribution in [0.2, 0.25) is 0 Å². The van der Waals surface area contributed by atoms with Crippen molar-refractivity contribution in [3.05, 3.63) is 71.5 Å². The zero-order valence-corrected chi connectivity index (χ0v) is 13.9. The number of rotatable bonds is 4. The molecule has 2 atom stereocenters. The Morgan fingerprint density at radius 1 is 0.917 bits per heavy atom. The Bertz CT molecular complexity index is 716. The monoisotopic (exact) mass is 324 g/mol. The van der Waals surface area contributed by atoms with Gasteiger partial charge in [0.05, 0.1) is 5.76 Å². The lowest BCUT2D eigenvalue weighted by atomic mass is 9.64. The molecule has 0 radical (unpaired) electrons. The van der Waals surface area contributed by atoms with Crippen molar-refractivity contribution in [2.75, 3.05) is 0 Å². The first-order chi connectivity index (χ1) is 11.5. The number of allylic oxidation sites excluding steroid dienone is 2. The zero-order chi connectivity index (χ0) is 17.2. The number of aliphatic hydroxyl groups is 1. The number of hydrogen-bond acceptors (Lipinski definition) is 3. The molecule has 2 aromatic rings. The summed E-state index contributed by atoms with van der Waals surface area (Å²) < 4.78 is 0. The molecule has 2 unspecified atom stereocenters. The molecule has 126 valence electrons. The van der Waals surface area contributed by atoms with Crippen LogP contribution >= 0.6 is 0 Å². The summed E-state index contributed by atoms with van der Waals surface area (Å²) in [6, 6.07) is 14.8. The van der Waals surface area contributed by atoms with E-state index in [2.05, 4.69) is 6.92 Å². The zero-order valence-electron chi connectivity index (χ0n) is 13.9. The van der Waals surface area contributed by atoms with Crippen molar-refractivity contribution in [2.24, 2.45) is 5.92 Å². The van der Waals surface area contributed by atoms with E-state index in [1.54, 1.807) is 24.3 Å². The highest BCUT2D eigenvalue weighted by Gasteiger charge is 2.36. The molecule has 0 spiro atoms. The van der Waals surface area contributed by atoms with Crippen molar-refractivity contribution in [1.82, 2.24) is 0 Å². The highest BCUT2D eigenvalue weighted by atomic mass is 16.3. The molecule has 0 fully saturated rings. The molecule has 0 saturated carbocycles. The Kier molecular flexibility index (Phi) is 4.52. The summed E-state index contributed by atoms with van der Waals surface area (Å²) >= 11 is 0. The van der Waals surface area contributed by atoms with E-state index in [1.807, 2.05) is 30.3 Å². The fourth-order valence-corrected chi connectivity index (χ4v) is 3.76. The van der Waals surface area contributed by atoms with Crippen molar-refractivity contribution in [3.8, 4) is 11.5 Å². The highest BCUT2D eigenvalue weighted by Crippen LogP contribution is 2.43. The molecule has 3 rings (SSSR count). The van der Waals surface area contributed by atoms with E-state index in [4.69, 9.17) is 0 Å². The predicted molar refractivity (Wildman–Crippen MR) is 95.3 cm³/mol. The standard InChI is InChI=1S/C21H24O3/c1-21(16-4-10-19(23)11-5-16,17-6-12-20(24)13-7-17)14-15-2-8-18(22)9-3-15/h2-5,8-12,17,22-24H,6-7,13-14H2,1H3. The van der Waals surface area contributed by atoms with Crippen molar-refractivity contribution < 1.29 is 15.3 Å². The van der Waals surface area contributed by atoms with Crippen molar-refractivity contribution in [1.29, 1.82) is 0 Å². The summed E-state index contributed by atoms with van der Waals surface area (Å²) in [5.41, 5.74) is 2.25. The quantitative estimate of drug-likeness (QED) is 0.754. The van der Waals surface area contributed by atoms with Gasteiger partial charge in [0.1, 0.15) is 11.5 Å². The van der Waals surface area contributed by atoms with Crippen LogP contribution in [-0.2, 0) is 11.8 Å². The molecule has 0 aliphatic heterocycles. The second kappa shape index (κ2) is 6.60. The lowest BCUT2D eigenvalue weighted by Crippen LogP contribution is -2.35. The minimum Gasteiger partial charge on any atom is -0.513 e. The van der Waals surface area contributed by atoms with Gasteiger partial charge >= 0.3 is 0 Å². The Labute approximate surface area is 142 Å².